The SMILES string of the molecule is CN(C)c1ccc(CCc2ccc(CCC(=O)O)cc2-c2ccc3ncsc3c2)cc1. The van der Waals surface area contributed by atoms with Crippen LogP contribution in [0.1, 0.15) is 23.1 Å². The molecule has 0 amide bonds. The summed E-state index contributed by atoms with van der Waals surface area (Å²) in [6.45, 7) is 0. The van der Waals surface area contributed by atoms with Crippen LogP contribution in [-0.2, 0) is 24.1 Å². The number of carboxylic acid groups (broad SMARTS) is 1. The smallest absolute Gasteiger partial charge is 0.303 e. The molecule has 1 heterocycles. The molecule has 31 heavy (non-hydrogen) atoms. The predicted octanol–water partition coefficient (Wildman–Crippen LogP) is 5.83. The molecule has 0 unspecified atom stereocenters. The predicted molar refractivity (Wildman–Crippen MR) is 129 cm³/mol. The summed E-state index contributed by atoms with van der Waals surface area (Å²) in [6.07, 6.45) is 2.57. The maximum atomic E-state index is 11.0. The molecule has 4 rings (SSSR count). The Balaban J connectivity index is 1.62. The highest BCUT2D eigenvalue weighted by Crippen LogP contribution is 2.31. The van der Waals surface area contributed by atoms with E-state index in [4.69, 9.17) is 5.11 Å². The molecule has 158 valence electrons. The first-order valence-electron chi connectivity index (χ1n) is 10.4. The van der Waals surface area contributed by atoms with Gasteiger partial charge in [0.25, 0.3) is 0 Å². The molecule has 4 aromatic rings. The topological polar surface area (TPSA) is 53.4 Å². The second-order valence-electron chi connectivity index (χ2n) is 7.98. The number of rotatable bonds is 8. The van der Waals surface area contributed by atoms with Gasteiger partial charge in [-0.05, 0) is 71.3 Å². The van der Waals surface area contributed by atoms with Gasteiger partial charge in [-0.1, -0.05) is 36.4 Å². The number of fused-ring (bicyclic) bond motifs is 1. The van der Waals surface area contributed by atoms with E-state index < -0.39 is 5.97 Å². The Labute approximate surface area is 186 Å². The van der Waals surface area contributed by atoms with Gasteiger partial charge in [0, 0.05) is 26.2 Å². The van der Waals surface area contributed by atoms with E-state index in [1.165, 1.54) is 27.1 Å². The molecule has 4 nitrogen and oxygen atoms in total. The van der Waals surface area contributed by atoms with Crippen molar-refractivity contribution < 1.29 is 9.90 Å². The lowest BCUT2D eigenvalue weighted by Gasteiger charge is -2.14. The summed E-state index contributed by atoms with van der Waals surface area (Å²) in [7, 11) is 4.10. The number of aromatic nitrogens is 1. The van der Waals surface area contributed by atoms with Crippen LogP contribution in [0.5, 0.6) is 0 Å². The van der Waals surface area contributed by atoms with Crippen molar-refractivity contribution in [3.63, 3.8) is 0 Å². The van der Waals surface area contributed by atoms with Crippen LogP contribution >= 0.6 is 11.3 Å². The van der Waals surface area contributed by atoms with Crippen LogP contribution in [0.15, 0.2) is 66.2 Å². The average Bonchev–Trinajstić information content (AvgIpc) is 3.24. The molecular formula is C26H26N2O2S. The van der Waals surface area contributed by atoms with E-state index in [0.717, 1.165) is 29.5 Å². The maximum Gasteiger partial charge on any atom is 0.303 e. The standard InChI is InChI=1S/C26H26N2O2S/c1-28(2)22-11-5-18(6-12-22)3-8-20-9-4-19(7-14-26(29)30)15-23(20)21-10-13-24-25(16-21)31-17-27-24/h4-6,9-13,15-17H,3,7-8,14H2,1-2H3,(H,29,30). The number of aliphatic carboxylic acids is 1. The summed E-state index contributed by atoms with van der Waals surface area (Å²) in [5.74, 6) is -0.766. The summed E-state index contributed by atoms with van der Waals surface area (Å²) < 4.78 is 1.17. The monoisotopic (exact) mass is 430 g/mol. The lowest BCUT2D eigenvalue weighted by Crippen LogP contribution is -2.08. The number of anilines is 1. The van der Waals surface area contributed by atoms with Gasteiger partial charge in [0.15, 0.2) is 0 Å². The van der Waals surface area contributed by atoms with Crippen molar-refractivity contribution in [3.05, 3.63) is 82.9 Å². The number of carbonyl (C=O) groups is 1. The van der Waals surface area contributed by atoms with E-state index >= 15 is 0 Å². The van der Waals surface area contributed by atoms with Crippen LogP contribution in [0.25, 0.3) is 21.3 Å². The van der Waals surface area contributed by atoms with Gasteiger partial charge in [0.05, 0.1) is 15.7 Å². The quantitative estimate of drug-likeness (QED) is 0.382. The van der Waals surface area contributed by atoms with Crippen molar-refractivity contribution in [2.45, 2.75) is 25.7 Å². The van der Waals surface area contributed by atoms with Gasteiger partial charge in [0.1, 0.15) is 0 Å². The summed E-state index contributed by atoms with van der Waals surface area (Å²) >= 11 is 1.64. The number of hydrogen-bond acceptors (Lipinski definition) is 4. The van der Waals surface area contributed by atoms with Crippen molar-refractivity contribution in [2.24, 2.45) is 0 Å². The molecule has 1 aromatic heterocycles. The normalized spacial score (nSPS) is 11.0. The van der Waals surface area contributed by atoms with Crippen LogP contribution in [0.2, 0.25) is 0 Å². The van der Waals surface area contributed by atoms with Gasteiger partial charge < -0.3 is 10.0 Å². The lowest BCUT2D eigenvalue weighted by molar-refractivity contribution is -0.136. The minimum absolute atomic E-state index is 0.144. The molecule has 0 bridgehead atoms. The molecule has 1 N–H and O–H groups in total. The molecule has 5 heteroatoms. The lowest BCUT2D eigenvalue weighted by atomic mass is 9.92. The Kier molecular flexibility index (Phi) is 6.33. The Morgan fingerprint density at radius 3 is 2.45 bits per heavy atom. The zero-order valence-electron chi connectivity index (χ0n) is 17.8. The minimum atomic E-state index is -0.766. The van der Waals surface area contributed by atoms with Crippen LogP contribution in [0, 0.1) is 0 Å². The van der Waals surface area contributed by atoms with Crippen LogP contribution in [0.3, 0.4) is 0 Å². The molecule has 3 aromatic carbocycles. The van der Waals surface area contributed by atoms with E-state index in [2.05, 4.69) is 70.5 Å². The van der Waals surface area contributed by atoms with E-state index in [9.17, 15) is 4.79 Å². The summed E-state index contributed by atoms with van der Waals surface area (Å²) in [4.78, 5) is 17.5. The largest absolute Gasteiger partial charge is 0.481 e. The fourth-order valence-electron chi connectivity index (χ4n) is 3.78. The molecule has 0 fully saturated rings. The Hall–Kier alpha value is -3.18. The molecular weight excluding hydrogens is 404 g/mol. The van der Waals surface area contributed by atoms with Crippen molar-refractivity contribution in [1.82, 2.24) is 4.98 Å². The first kappa shape index (κ1) is 21.1. The zero-order chi connectivity index (χ0) is 21.8. The third-order valence-corrected chi connectivity index (χ3v) is 6.37. The molecule has 0 aliphatic carbocycles. The van der Waals surface area contributed by atoms with E-state index in [-0.39, 0.29) is 6.42 Å². The second kappa shape index (κ2) is 9.31. The molecule has 0 atom stereocenters. The zero-order valence-corrected chi connectivity index (χ0v) is 18.7. The second-order valence-corrected chi connectivity index (χ2v) is 8.87. The number of hydrogen-bond donors (Lipinski definition) is 1. The van der Waals surface area contributed by atoms with Gasteiger partial charge >= 0.3 is 5.97 Å². The number of carboxylic acids is 1. The van der Waals surface area contributed by atoms with Gasteiger partial charge in [0.2, 0.25) is 0 Å². The average molecular weight is 431 g/mol. The highest BCUT2D eigenvalue weighted by atomic mass is 32.1. The fourth-order valence-corrected chi connectivity index (χ4v) is 4.50. The fraction of sp³-hybridized carbons (Fsp3) is 0.231. The number of aryl methyl sites for hydroxylation is 3. The first-order valence-corrected chi connectivity index (χ1v) is 11.3. The third-order valence-electron chi connectivity index (χ3n) is 5.58. The highest BCUT2D eigenvalue weighted by Gasteiger charge is 2.10. The number of benzene rings is 3. The van der Waals surface area contributed by atoms with E-state index in [1.54, 1.807) is 11.3 Å². The van der Waals surface area contributed by atoms with Crippen molar-refractivity contribution >= 4 is 33.2 Å². The van der Waals surface area contributed by atoms with E-state index in [0.29, 0.717) is 6.42 Å². The van der Waals surface area contributed by atoms with Crippen molar-refractivity contribution in [1.29, 1.82) is 0 Å². The third kappa shape index (κ3) is 5.12. The maximum absolute atomic E-state index is 11.0. The van der Waals surface area contributed by atoms with Crippen LogP contribution in [0.4, 0.5) is 5.69 Å². The molecule has 0 spiro atoms. The van der Waals surface area contributed by atoms with Crippen molar-refractivity contribution in [3.8, 4) is 11.1 Å². The molecule has 0 aliphatic rings. The minimum Gasteiger partial charge on any atom is -0.481 e. The number of thiazole rings is 1. The summed E-state index contributed by atoms with van der Waals surface area (Å²) in [5.41, 5.74) is 10.1. The first-order chi connectivity index (χ1) is 15.0. The van der Waals surface area contributed by atoms with Crippen LogP contribution < -0.4 is 4.90 Å². The Morgan fingerprint density at radius 1 is 0.935 bits per heavy atom. The number of nitrogens with zero attached hydrogens (tertiary/aromatic N) is 2. The summed E-state index contributed by atoms with van der Waals surface area (Å²) in [6, 6.07) is 21.5. The van der Waals surface area contributed by atoms with Gasteiger partial charge in [-0.15, -0.1) is 11.3 Å². The Bertz CT molecular complexity index is 1200. The van der Waals surface area contributed by atoms with Gasteiger partial charge in [-0.3, -0.25) is 4.79 Å². The molecule has 0 saturated carbocycles. The van der Waals surface area contributed by atoms with E-state index in [1.807, 2.05) is 19.6 Å². The molecule has 0 aliphatic heterocycles. The van der Waals surface area contributed by atoms with Gasteiger partial charge in [-0.25, -0.2) is 4.98 Å². The van der Waals surface area contributed by atoms with Gasteiger partial charge in [-0.2, -0.15) is 0 Å². The Morgan fingerprint density at radius 2 is 1.71 bits per heavy atom. The molecule has 0 radical (unpaired) electrons. The van der Waals surface area contributed by atoms with Crippen LogP contribution in [-0.4, -0.2) is 30.2 Å². The summed E-state index contributed by atoms with van der Waals surface area (Å²) in [5, 5.41) is 9.07. The highest BCUT2D eigenvalue weighted by molar-refractivity contribution is 7.16. The molecule has 0 saturated heterocycles. The van der Waals surface area contributed by atoms with Crippen molar-refractivity contribution in [2.75, 3.05) is 19.0 Å².